The second kappa shape index (κ2) is 12.8. The van der Waals surface area contributed by atoms with E-state index in [1.807, 2.05) is 26.0 Å². The van der Waals surface area contributed by atoms with Crippen LogP contribution in [0.15, 0.2) is 24.3 Å². The van der Waals surface area contributed by atoms with Crippen LogP contribution in [-0.2, 0) is 14.3 Å². The summed E-state index contributed by atoms with van der Waals surface area (Å²) >= 11 is 0. The van der Waals surface area contributed by atoms with Gasteiger partial charge in [-0.3, -0.25) is 9.59 Å². The SMILES string of the molecule is C#Cc1ccc(C(C(=O)NCCCC)N(C(=O)C(NC(=O)OC(C)(C)C)C(C)CC)C2CC2C)cc1. The number of carbonyl (C=O) groups excluding carboxylic acids is 3. The van der Waals surface area contributed by atoms with Crippen molar-refractivity contribution >= 4 is 17.9 Å². The van der Waals surface area contributed by atoms with Gasteiger partial charge in [0.05, 0.1) is 0 Å². The summed E-state index contributed by atoms with van der Waals surface area (Å²) in [6, 6.07) is 5.44. The molecule has 0 aromatic heterocycles. The monoisotopic (exact) mass is 497 g/mol. The fraction of sp³-hybridized carbons (Fsp3) is 0.621. The molecule has 0 aliphatic heterocycles. The van der Waals surface area contributed by atoms with Crippen molar-refractivity contribution in [2.24, 2.45) is 11.8 Å². The summed E-state index contributed by atoms with van der Waals surface area (Å²) in [4.78, 5) is 42.1. The number of unbranched alkanes of at least 4 members (excludes halogenated alkanes) is 1. The van der Waals surface area contributed by atoms with Crippen molar-refractivity contribution in [3.8, 4) is 12.3 Å². The standard InChI is InChI=1S/C29H43N3O4/c1-9-12-17-30-26(33)25(22-15-13-21(11-3)14-16-22)32(23-18-20(23)5)27(34)24(19(4)10-2)31-28(35)36-29(6,7)8/h3,13-16,19-20,23-25H,9-10,12,17-18H2,1-2,4-8H3,(H,30,33)(H,31,35). The Hall–Kier alpha value is -3.01. The van der Waals surface area contributed by atoms with Crippen LogP contribution >= 0.6 is 0 Å². The summed E-state index contributed by atoms with van der Waals surface area (Å²) in [7, 11) is 0. The van der Waals surface area contributed by atoms with Gasteiger partial charge in [0.15, 0.2) is 0 Å². The van der Waals surface area contributed by atoms with Gasteiger partial charge in [-0.2, -0.15) is 0 Å². The fourth-order valence-electron chi connectivity index (χ4n) is 4.14. The molecule has 1 aromatic carbocycles. The number of hydrogen-bond acceptors (Lipinski definition) is 4. The number of alkyl carbamates (subject to hydrolysis) is 1. The Morgan fingerprint density at radius 1 is 1.19 bits per heavy atom. The summed E-state index contributed by atoms with van der Waals surface area (Å²) < 4.78 is 5.45. The average molecular weight is 498 g/mol. The molecule has 0 heterocycles. The molecule has 0 saturated heterocycles. The third kappa shape index (κ3) is 8.01. The van der Waals surface area contributed by atoms with Crippen molar-refractivity contribution < 1.29 is 19.1 Å². The predicted molar refractivity (Wildman–Crippen MR) is 142 cm³/mol. The third-order valence-electron chi connectivity index (χ3n) is 6.58. The van der Waals surface area contributed by atoms with Crippen molar-refractivity contribution in [2.75, 3.05) is 6.54 Å². The van der Waals surface area contributed by atoms with Gasteiger partial charge in [-0.15, -0.1) is 6.42 Å². The lowest BCUT2D eigenvalue weighted by Gasteiger charge is -2.36. The zero-order chi connectivity index (χ0) is 27.0. The lowest BCUT2D eigenvalue weighted by atomic mass is 9.95. The molecular formula is C29H43N3O4. The second-order valence-electron chi connectivity index (χ2n) is 10.8. The minimum absolute atomic E-state index is 0.0984. The maximum absolute atomic E-state index is 14.2. The Morgan fingerprint density at radius 3 is 2.28 bits per heavy atom. The molecule has 7 nitrogen and oxygen atoms in total. The van der Waals surface area contributed by atoms with Crippen molar-refractivity contribution in [1.29, 1.82) is 0 Å². The van der Waals surface area contributed by atoms with Gasteiger partial charge < -0.3 is 20.3 Å². The van der Waals surface area contributed by atoms with E-state index in [9.17, 15) is 14.4 Å². The number of nitrogens with zero attached hydrogens (tertiary/aromatic N) is 1. The zero-order valence-corrected chi connectivity index (χ0v) is 22.9. The van der Waals surface area contributed by atoms with Crippen LogP contribution in [-0.4, -0.2) is 47.0 Å². The molecule has 0 radical (unpaired) electrons. The van der Waals surface area contributed by atoms with Gasteiger partial charge in [-0.1, -0.05) is 58.6 Å². The molecule has 7 heteroatoms. The Morgan fingerprint density at radius 2 is 1.81 bits per heavy atom. The molecule has 1 aliphatic carbocycles. The maximum Gasteiger partial charge on any atom is 0.408 e. The first-order valence-corrected chi connectivity index (χ1v) is 13.1. The molecule has 3 amide bonds. The number of benzene rings is 1. The van der Waals surface area contributed by atoms with Gasteiger partial charge in [-0.05, 0) is 63.1 Å². The molecule has 0 bridgehead atoms. The first-order valence-electron chi connectivity index (χ1n) is 13.1. The van der Waals surface area contributed by atoms with Crippen LogP contribution in [0.3, 0.4) is 0 Å². The van der Waals surface area contributed by atoms with E-state index >= 15 is 0 Å². The van der Waals surface area contributed by atoms with Crippen molar-refractivity contribution in [1.82, 2.24) is 15.5 Å². The van der Waals surface area contributed by atoms with Crippen molar-refractivity contribution in [3.63, 3.8) is 0 Å². The van der Waals surface area contributed by atoms with Crippen LogP contribution in [0.2, 0.25) is 0 Å². The van der Waals surface area contributed by atoms with Gasteiger partial charge in [0.1, 0.15) is 17.7 Å². The number of rotatable bonds is 11. The highest BCUT2D eigenvalue weighted by molar-refractivity contribution is 5.92. The Balaban J connectivity index is 2.48. The molecule has 1 aromatic rings. The van der Waals surface area contributed by atoms with Crippen LogP contribution in [0.5, 0.6) is 0 Å². The highest BCUT2D eigenvalue weighted by Gasteiger charge is 2.48. The van der Waals surface area contributed by atoms with E-state index < -0.39 is 23.8 Å². The topological polar surface area (TPSA) is 87.7 Å². The van der Waals surface area contributed by atoms with E-state index in [0.717, 1.165) is 19.3 Å². The van der Waals surface area contributed by atoms with Crippen molar-refractivity contribution in [2.45, 2.75) is 97.9 Å². The Labute approximate surface area is 216 Å². The van der Waals surface area contributed by atoms with E-state index in [-0.39, 0.29) is 29.7 Å². The first kappa shape index (κ1) is 29.2. The Kier molecular flexibility index (Phi) is 10.4. The Bertz CT molecular complexity index is 945. The molecule has 5 atom stereocenters. The normalized spacial score (nSPS) is 19.3. The molecular weight excluding hydrogens is 454 g/mol. The largest absolute Gasteiger partial charge is 0.444 e. The molecule has 5 unspecified atom stereocenters. The number of ether oxygens (including phenoxy) is 1. The second-order valence-corrected chi connectivity index (χ2v) is 10.8. The van der Waals surface area contributed by atoms with Crippen LogP contribution in [0, 0.1) is 24.2 Å². The maximum atomic E-state index is 14.2. The lowest BCUT2D eigenvalue weighted by Crippen LogP contribution is -2.56. The molecule has 1 saturated carbocycles. The van der Waals surface area contributed by atoms with Gasteiger partial charge in [0, 0.05) is 18.2 Å². The van der Waals surface area contributed by atoms with Crippen LogP contribution in [0.4, 0.5) is 4.79 Å². The highest BCUT2D eigenvalue weighted by Crippen LogP contribution is 2.41. The van der Waals surface area contributed by atoms with Crippen LogP contribution in [0.1, 0.15) is 91.3 Å². The number of nitrogens with one attached hydrogen (secondary N) is 2. The summed E-state index contributed by atoms with van der Waals surface area (Å²) in [5.41, 5.74) is 0.694. The van der Waals surface area contributed by atoms with E-state index in [1.54, 1.807) is 37.8 Å². The molecule has 2 rings (SSSR count). The van der Waals surface area contributed by atoms with Gasteiger partial charge in [0.25, 0.3) is 0 Å². The van der Waals surface area contributed by atoms with E-state index in [4.69, 9.17) is 11.2 Å². The van der Waals surface area contributed by atoms with E-state index in [2.05, 4.69) is 30.4 Å². The summed E-state index contributed by atoms with van der Waals surface area (Å²) in [5, 5.41) is 5.82. The average Bonchev–Trinajstić information content (AvgIpc) is 3.54. The molecule has 1 fully saturated rings. The minimum Gasteiger partial charge on any atom is -0.444 e. The summed E-state index contributed by atoms with van der Waals surface area (Å²) in [5.74, 6) is 2.18. The van der Waals surface area contributed by atoms with Gasteiger partial charge in [0.2, 0.25) is 11.8 Å². The van der Waals surface area contributed by atoms with Crippen molar-refractivity contribution in [3.05, 3.63) is 35.4 Å². The minimum atomic E-state index is -0.830. The number of terminal acetylenes is 1. The number of amides is 3. The van der Waals surface area contributed by atoms with Crippen LogP contribution < -0.4 is 10.6 Å². The van der Waals surface area contributed by atoms with E-state index in [1.165, 1.54) is 0 Å². The molecule has 36 heavy (non-hydrogen) atoms. The lowest BCUT2D eigenvalue weighted by molar-refractivity contribution is -0.144. The van der Waals surface area contributed by atoms with E-state index in [0.29, 0.717) is 24.1 Å². The van der Waals surface area contributed by atoms with Gasteiger partial charge in [-0.25, -0.2) is 4.79 Å². The molecule has 198 valence electrons. The third-order valence-corrected chi connectivity index (χ3v) is 6.58. The molecule has 2 N–H and O–H groups in total. The smallest absolute Gasteiger partial charge is 0.408 e. The molecule has 0 spiro atoms. The fourth-order valence-corrected chi connectivity index (χ4v) is 4.14. The quantitative estimate of drug-likeness (QED) is 0.340. The predicted octanol–water partition coefficient (Wildman–Crippen LogP) is 4.80. The van der Waals surface area contributed by atoms with Gasteiger partial charge >= 0.3 is 6.09 Å². The van der Waals surface area contributed by atoms with Crippen LogP contribution in [0.25, 0.3) is 0 Å². The first-order chi connectivity index (χ1) is 16.9. The molecule has 1 aliphatic rings. The zero-order valence-electron chi connectivity index (χ0n) is 22.9. The number of hydrogen-bond donors (Lipinski definition) is 2. The number of carbonyl (C=O) groups is 3. The highest BCUT2D eigenvalue weighted by atomic mass is 16.6. The summed E-state index contributed by atoms with van der Waals surface area (Å²) in [6.07, 6.45) is 8.15. The summed E-state index contributed by atoms with van der Waals surface area (Å²) in [6.45, 7) is 13.9.